The molecule has 6 aromatic heterocycles. The first-order valence-corrected chi connectivity index (χ1v) is 47.3. The SMILES string of the molecule is CC(C)(C)OC(=O)N1C(=O)Cc2c(Br)cc(Br)cc21.CC(C)(C)OC(=O)OC(=O)OC(C)(C)C.CI.Cc1noc(C)c1-c1cc(-c2c(C)noc2C)c2c(c1)[nH]c(=O)n2C.Cc1noc(C)c1B1OC(C)(C)C(C)(C)O1.ClCCl.Cn1c(=O)[nH]c2cc(Br)cc(Br)c21.Cn1c(=O)n(C(=O)OC(C)(C)C)c2cc(Br)cc(Br)c21.O=C1Cc2c(Br)cc(Br)cc2N1. The molecule has 0 bridgehead atoms. The molecule has 0 aliphatic carbocycles. The van der Waals surface area contributed by atoms with Crippen molar-refractivity contribution in [2.75, 3.05) is 20.5 Å². The minimum absolute atomic E-state index is 0.0591. The number of aryl methyl sites for hydroxylation is 9. The van der Waals surface area contributed by atoms with E-state index in [2.05, 4.69) is 186 Å². The van der Waals surface area contributed by atoms with Crippen LogP contribution in [0.3, 0.4) is 0 Å². The molecule has 0 spiro atoms. The van der Waals surface area contributed by atoms with E-state index >= 15 is 0 Å². The van der Waals surface area contributed by atoms with Crippen molar-refractivity contribution in [3.8, 4) is 22.3 Å². The summed E-state index contributed by atoms with van der Waals surface area (Å²) in [6.45, 7) is 40.0. The summed E-state index contributed by atoms with van der Waals surface area (Å²) in [4.78, 5) is 114. The predicted octanol–water partition coefficient (Wildman–Crippen LogP) is 23.1. The van der Waals surface area contributed by atoms with Crippen LogP contribution >= 0.6 is 173 Å². The highest BCUT2D eigenvalue weighted by Gasteiger charge is 2.53. The number of hydrogen-bond donors (Lipinski definition) is 3. The van der Waals surface area contributed by atoms with E-state index in [1.807, 2.05) is 123 Å². The topological polar surface area (TPSA) is 363 Å². The van der Waals surface area contributed by atoms with E-state index in [-0.39, 0.29) is 53.3 Å². The summed E-state index contributed by atoms with van der Waals surface area (Å²) in [6, 6.07) is 18.8. The number of fused-ring (bicyclic) bond motifs is 5. The number of anilines is 2. The lowest BCUT2D eigenvalue weighted by Crippen LogP contribution is -2.41. The van der Waals surface area contributed by atoms with Crippen molar-refractivity contribution in [3.05, 3.63) is 173 Å². The molecular formula is C83H97BBr8Cl2IN11O19. The van der Waals surface area contributed by atoms with E-state index in [1.165, 1.54) is 4.57 Å². The molecule has 125 heavy (non-hydrogen) atoms. The summed E-state index contributed by atoms with van der Waals surface area (Å²) in [5, 5.41) is 15.0. The van der Waals surface area contributed by atoms with E-state index in [4.69, 9.17) is 65.0 Å². The number of alkyl halides is 3. The zero-order chi connectivity index (χ0) is 94.9. The number of nitrogens with one attached hydrogen (secondary N) is 3. The van der Waals surface area contributed by atoms with Crippen molar-refractivity contribution >= 4 is 267 Å². The third-order valence-corrected chi connectivity index (χ3v) is 22.4. The number of aromatic nitrogens is 9. The Kier molecular flexibility index (Phi) is 37.5. The van der Waals surface area contributed by atoms with Gasteiger partial charge >= 0.3 is 48.7 Å². The number of hydrogen-bond acceptors (Lipinski definition) is 22. The summed E-state index contributed by atoms with van der Waals surface area (Å²) < 4.78 is 64.5. The number of amides is 3. The van der Waals surface area contributed by atoms with Crippen molar-refractivity contribution in [3.63, 3.8) is 0 Å². The van der Waals surface area contributed by atoms with Crippen LogP contribution in [0.4, 0.5) is 30.6 Å². The number of imidazole rings is 3. The van der Waals surface area contributed by atoms with Gasteiger partial charge in [-0.2, -0.15) is 4.57 Å². The van der Waals surface area contributed by atoms with Crippen LogP contribution in [0.1, 0.15) is 156 Å². The fourth-order valence-electron chi connectivity index (χ4n) is 12.2. The fourth-order valence-corrected chi connectivity index (χ4v) is 17.8. The lowest BCUT2D eigenvalue weighted by molar-refractivity contribution is -0.117. The maximum Gasteiger partial charge on any atom is 0.519 e. The zero-order valence-corrected chi connectivity index (χ0v) is 89.8. The van der Waals surface area contributed by atoms with Crippen LogP contribution in [-0.4, -0.2) is 131 Å². The van der Waals surface area contributed by atoms with Gasteiger partial charge in [0, 0.05) is 90.3 Å². The van der Waals surface area contributed by atoms with Crippen LogP contribution in [0.5, 0.6) is 0 Å². The number of nitrogens with zero attached hydrogens (tertiary/aromatic N) is 8. The fraction of sp³-hybridized carbons (Fsp3) is 0.422. The molecular weight excluding hydrogens is 2300 g/mol. The smallest absolute Gasteiger partial charge is 0.443 e. The monoisotopic (exact) mass is 2390 g/mol. The Morgan fingerprint density at radius 1 is 0.504 bits per heavy atom. The molecule has 1 fully saturated rings. The molecule has 0 atom stereocenters. The van der Waals surface area contributed by atoms with Crippen LogP contribution in [0.15, 0.2) is 124 Å². The number of ether oxygens (including phenoxy) is 5. The Balaban J connectivity index is 0.000000226. The first kappa shape index (κ1) is 107. The maximum atomic E-state index is 12.3. The van der Waals surface area contributed by atoms with E-state index in [0.29, 0.717) is 28.9 Å². The number of benzene rings is 5. The van der Waals surface area contributed by atoms with Gasteiger partial charge in [0.25, 0.3) is 0 Å². The summed E-state index contributed by atoms with van der Waals surface area (Å²) in [7, 11) is 4.72. The summed E-state index contributed by atoms with van der Waals surface area (Å²) >= 11 is 38.7. The van der Waals surface area contributed by atoms with Crippen LogP contribution in [0.2, 0.25) is 0 Å². The van der Waals surface area contributed by atoms with Gasteiger partial charge in [-0.05, 0) is 261 Å². The van der Waals surface area contributed by atoms with Gasteiger partial charge < -0.3 is 61.8 Å². The minimum Gasteiger partial charge on any atom is -0.443 e. The average molecular weight is 2400 g/mol. The second kappa shape index (κ2) is 43.8. The number of halogens is 11. The molecule has 11 aromatic rings. The zero-order valence-electron chi connectivity index (χ0n) is 73.5. The summed E-state index contributed by atoms with van der Waals surface area (Å²) in [5.74, 6) is 1.99. The largest absolute Gasteiger partial charge is 0.519 e. The lowest BCUT2D eigenvalue weighted by atomic mass is 9.77. The van der Waals surface area contributed by atoms with Crippen molar-refractivity contribution in [2.24, 2.45) is 21.1 Å². The predicted molar refractivity (Wildman–Crippen MR) is 522 cm³/mol. The Bertz CT molecular complexity index is 5940. The summed E-state index contributed by atoms with van der Waals surface area (Å²) in [5.41, 5.74) is 10.7. The Hall–Kier alpha value is -6.71. The maximum absolute atomic E-state index is 12.3. The third kappa shape index (κ3) is 28.2. The van der Waals surface area contributed by atoms with Gasteiger partial charge in [0.1, 0.15) is 39.7 Å². The number of imide groups is 1. The minimum atomic E-state index is -1.06. The molecule has 1 saturated heterocycles. The van der Waals surface area contributed by atoms with Gasteiger partial charge in [-0.25, -0.2) is 38.5 Å². The van der Waals surface area contributed by atoms with Crippen LogP contribution in [0.25, 0.3) is 55.4 Å². The number of carbonyl (C=O) groups excluding carboxylic acids is 6. The third-order valence-electron chi connectivity index (χ3n) is 18.0. The van der Waals surface area contributed by atoms with Crippen molar-refractivity contribution in [2.45, 2.75) is 199 Å². The van der Waals surface area contributed by atoms with Gasteiger partial charge in [0.2, 0.25) is 11.8 Å². The Morgan fingerprint density at radius 3 is 1.39 bits per heavy atom. The molecule has 5 aromatic carbocycles. The van der Waals surface area contributed by atoms with Crippen molar-refractivity contribution in [1.82, 2.24) is 43.7 Å². The standard InChI is InChI=1S/C18H18N4O3.C13H14Br2N2O3.C13H13Br2NO3.C11H18BNO3.C10H18O5.C8H6Br2N2O.C8H5Br2NO.CH2Cl2.CH3I/c1-8-15(10(3)24-20-8)12-6-13(16-9(2)21-25-11(16)4)17-14(7-12)19-18(23)22(17)5;1-13(2,3)20-12(19)17-9-6-7(14)5-8(15)10(9)16(4)11(17)18;1-13(2,3)19-12(18)16-10-5-7(14)4-9(15)8(10)6-11(16)17;1-7-9(8(2)14-13-7)12-15-10(3,4)11(5,6)16-12;1-9(2,3)14-7(11)13-8(12)15-10(4,5)6;1-12-7-5(10)2-4(9)3-6(7)11-8(12)13;9-4-1-6(10)5-3-8(12)11-7(5)2-4;2-1-3;1-2/h6-7H,1-5H3,(H,19,23);5-6H,1-4H3;4-5H,6H2,1-3H3;1-6H3;1-6H3;2-3H,1H3,(H,11,13);1-2H,3H2,(H,11,12);1H2;1H3. The van der Waals surface area contributed by atoms with E-state index in [1.54, 1.807) is 125 Å². The van der Waals surface area contributed by atoms with Gasteiger partial charge in [-0.1, -0.05) is 134 Å². The highest BCUT2D eigenvalue weighted by Crippen LogP contribution is 2.42. The normalized spacial score (nSPS) is 13.5. The average Bonchev–Trinajstić information content (AvgIpc) is 1.62. The molecule has 3 amide bonds. The first-order valence-electron chi connectivity index (χ1n) is 37.8. The van der Waals surface area contributed by atoms with Gasteiger partial charge in [0.05, 0.1) is 85.3 Å². The van der Waals surface area contributed by atoms with Crippen LogP contribution < -0.4 is 32.7 Å². The second-order valence-electron chi connectivity index (χ2n) is 32.9. The molecule has 3 N–H and O–H groups in total. The van der Waals surface area contributed by atoms with Crippen molar-refractivity contribution < 1.29 is 75.3 Å². The first-order chi connectivity index (χ1) is 57.6. The number of aromatic amines is 2. The van der Waals surface area contributed by atoms with E-state index in [9.17, 15) is 43.2 Å². The molecule has 14 rings (SSSR count). The van der Waals surface area contributed by atoms with E-state index in [0.717, 1.165) is 140 Å². The molecule has 0 unspecified atom stereocenters. The Morgan fingerprint density at radius 2 is 0.920 bits per heavy atom. The highest BCUT2D eigenvalue weighted by atomic mass is 127. The summed E-state index contributed by atoms with van der Waals surface area (Å²) in [6.07, 6.45) is -2.76. The second-order valence-corrected chi connectivity index (χ2v) is 40.7. The van der Waals surface area contributed by atoms with E-state index < -0.39 is 52.6 Å². The number of carbonyl (C=O) groups is 6. The number of rotatable bonds is 3. The Labute approximate surface area is 813 Å². The van der Waals surface area contributed by atoms with Gasteiger partial charge in [0.15, 0.2) is 0 Å². The lowest BCUT2D eigenvalue weighted by Gasteiger charge is -2.32. The molecule has 0 saturated carbocycles. The van der Waals surface area contributed by atoms with Gasteiger partial charge in [-0.15, -0.1) is 23.2 Å². The van der Waals surface area contributed by atoms with Crippen molar-refractivity contribution in [1.29, 1.82) is 0 Å². The molecule has 0 radical (unpaired) electrons. The molecule has 42 heteroatoms. The van der Waals surface area contributed by atoms with Gasteiger partial charge in [-0.3, -0.25) is 23.3 Å². The molecule has 3 aliphatic heterocycles. The molecule has 30 nitrogen and oxygen atoms in total. The molecule has 9 heterocycles. The highest BCUT2D eigenvalue weighted by molar-refractivity contribution is 14.1. The molecule has 678 valence electrons. The van der Waals surface area contributed by atoms with Crippen LogP contribution in [0, 0.1) is 41.5 Å². The molecule has 3 aliphatic rings. The quantitative estimate of drug-likeness (QED) is 0.0369. The van der Waals surface area contributed by atoms with Crippen LogP contribution in [-0.2, 0) is 76.6 Å². The number of H-pyrrole nitrogens is 2.